The Morgan fingerprint density at radius 1 is 0.923 bits per heavy atom. The summed E-state index contributed by atoms with van der Waals surface area (Å²) in [5.41, 5.74) is 1.27. The normalized spacial score (nSPS) is 33.2. The molecule has 1 saturated heterocycles. The molecule has 4 nitrogen and oxygen atoms in total. The van der Waals surface area contributed by atoms with Crippen LogP contribution in [0.1, 0.15) is 62.8 Å². The second kappa shape index (κ2) is 6.79. The van der Waals surface area contributed by atoms with Crippen molar-refractivity contribution in [2.24, 2.45) is 17.8 Å². The highest BCUT2D eigenvalue weighted by atomic mass is 16.7. The number of hydrogen-bond donors (Lipinski definition) is 0. The lowest BCUT2D eigenvalue weighted by Gasteiger charge is -2.46. The van der Waals surface area contributed by atoms with Crippen molar-refractivity contribution in [3.63, 3.8) is 0 Å². The van der Waals surface area contributed by atoms with E-state index in [2.05, 4.69) is 17.0 Å². The first kappa shape index (κ1) is 16.5. The molecule has 1 amide bonds. The van der Waals surface area contributed by atoms with E-state index in [0.717, 1.165) is 36.9 Å². The predicted octanol–water partition coefficient (Wildman–Crippen LogP) is 4.34. The molecule has 1 aromatic rings. The zero-order valence-electron chi connectivity index (χ0n) is 15.5. The number of carbonyl (C=O) groups is 1. The molecule has 4 aliphatic rings. The highest BCUT2D eigenvalue weighted by molar-refractivity contribution is 5.81. The molecule has 0 bridgehead atoms. The third-order valence-electron chi connectivity index (χ3n) is 7.24. The number of nitrogens with zero attached hydrogens (tertiary/aromatic N) is 1. The lowest BCUT2D eigenvalue weighted by atomic mass is 9.60. The molecule has 26 heavy (non-hydrogen) atoms. The van der Waals surface area contributed by atoms with Gasteiger partial charge < -0.3 is 14.4 Å². The average Bonchev–Trinajstić information content (AvgIpc) is 3.37. The van der Waals surface area contributed by atoms with Crippen LogP contribution in [-0.4, -0.2) is 30.7 Å². The Morgan fingerprint density at radius 2 is 1.73 bits per heavy atom. The van der Waals surface area contributed by atoms with E-state index in [0.29, 0.717) is 24.5 Å². The molecule has 1 aromatic carbocycles. The first-order chi connectivity index (χ1) is 12.8. The monoisotopic (exact) mass is 355 g/mol. The van der Waals surface area contributed by atoms with Gasteiger partial charge in [0.05, 0.1) is 0 Å². The smallest absolute Gasteiger partial charge is 0.231 e. The number of rotatable bonds is 2. The van der Waals surface area contributed by atoms with Gasteiger partial charge in [0.15, 0.2) is 11.5 Å². The maximum absolute atomic E-state index is 13.5. The number of fused-ring (bicyclic) bond motifs is 2. The van der Waals surface area contributed by atoms with Crippen molar-refractivity contribution < 1.29 is 14.3 Å². The fourth-order valence-electron chi connectivity index (χ4n) is 5.96. The Bertz CT molecular complexity index is 682. The van der Waals surface area contributed by atoms with Gasteiger partial charge >= 0.3 is 0 Å². The van der Waals surface area contributed by atoms with Crippen LogP contribution >= 0.6 is 0 Å². The fraction of sp³-hybridized carbons (Fsp3) is 0.682. The molecule has 4 heteroatoms. The van der Waals surface area contributed by atoms with Gasteiger partial charge in [-0.15, -0.1) is 0 Å². The molecule has 3 fully saturated rings. The summed E-state index contributed by atoms with van der Waals surface area (Å²) >= 11 is 0. The van der Waals surface area contributed by atoms with Crippen LogP contribution in [0.15, 0.2) is 18.2 Å². The largest absolute Gasteiger partial charge is 0.454 e. The molecule has 4 atom stereocenters. The zero-order valence-corrected chi connectivity index (χ0v) is 15.5. The number of carbonyl (C=O) groups excluding carboxylic acids is 1. The van der Waals surface area contributed by atoms with Crippen molar-refractivity contribution in [3.8, 4) is 11.5 Å². The molecule has 0 N–H and O–H groups in total. The molecular formula is C22H29NO3. The summed E-state index contributed by atoms with van der Waals surface area (Å²) in [6.45, 7) is 2.23. The van der Waals surface area contributed by atoms with E-state index >= 15 is 0 Å². The lowest BCUT2D eigenvalue weighted by Crippen LogP contribution is -2.45. The predicted molar refractivity (Wildman–Crippen MR) is 99.3 cm³/mol. The molecule has 2 aliphatic carbocycles. The summed E-state index contributed by atoms with van der Waals surface area (Å²) in [7, 11) is 0. The van der Waals surface area contributed by atoms with Gasteiger partial charge in [-0.3, -0.25) is 4.79 Å². The molecule has 5 rings (SSSR count). The number of hydrogen-bond acceptors (Lipinski definition) is 3. The summed E-state index contributed by atoms with van der Waals surface area (Å²) < 4.78 is 11.1. The second-order valence-corrected chi connectivity index (χ2v) is 8.56. The van der Waals surface area contributed by atoms with E-state index in [4.69, 9.17) is 9.47 Å². The molecule has 2 heterocycles. The molecule has 2 saturated carbocycles. The third-order valence-corrected chi connectivity index (χ3v) is 7.24. The summed E-state index contributed by atoms with van der Waals surface area (Å²) in [6.07, 6.45) is 9.93. The number of likely N-dealkylation sites (tertiary alicyclic amines) is 1. The summed E-state index contributed by atoms with van der Waals surface area (Å²) in [4.78, 5) is 15.7. The minimum absolute atomic E-state index is 0.160. The fourth-order valence-corrected chi connectivity index (χ4v) is 5.96. The Labute approximate surface area is 155 Å². The van der Waals surface area contributed by atoms with Crippen molar-refractivity contribution in [1.29, 1.82) is 0 Å². The van der Waals surface area contributed by atoms with Gasteiger partial charge in [-0.25, -0.2) is 0 Å². The first-order valence-electron chi connectivity index (χ1n) is 10.5. The van der Waals surface area contributed by atoms with Gasteiger partial charge in [-0.2, -0.15) is 0 Å². The van der Waals surface area contributed by atoms with Gasteiger partial charge in [0.25, 0.3) is 0 Å². The molecule has 0 aromatic heterocycles. The van der Waals surface area contributed by atoms with Crippen LogP contribution in [0.25, 0.3) is 0 Å². The number of benzene rings is 1. The summed E-state index contributed by atoms with van der Waals surface area (Å²) in [5.74, 6) is 3.93. The molecule has 140 valence electrons. The molecular weight excluding hydrogens is 326 g/mol. The van der Waals surface area contributed by atoms with Crippen molar-refractivity contribution in [2.45, 2.75) is 57.3 Å². The van der Waals surface area contributed by atoms with Crippen LogP contribution in [0.5, 0.6) is 11.5 Å². The highest BCUT2D eigenvalue weighted by Crippen LogP contribution is 2.51. The minimum Gasteiger partial charge on any atom is -0.454 e. The van der Waals surface area contributed by atoms with Crippen LogP contribution in [-0.2, 0) is 4.79 Å². The average molecular weight is 355 g/mol. The standard InChI is InChI=1S/C22H29NO3/c24-22(23-11-3-4-12-23)21-17-6-2-1-5-15(17)7-9-18(21)16-8-10-19-20(13-16)26-14-25-19/h8,10,13,15,17-18,21H,1-7,9,11-12,14H2/t15-,17-,18-,21+/m1/s1. The Kier molecular flexibility index (Phi) is 4.30. The molecule has 2 aliphatic heterocycles. The van der Waals surface area contributed by atoms with E-state index in [1.54, 1.807) is 0 Å². The molecule has 0 spiro atoms. The quantitative estimate of drug-likeness (QED) is 0.792. The Balaban J connectivity index is 1.48. The Morgan fingerprint density at radius 3 is 2.62 bits per heavy atom. The van der Waals surface area contributed by atoms with Crippen molar-refractivity contribution >= 4 is 5.91 Å². The van der Waals surface area contributed by atoms with Crippen LogP contribution < -0.4 is 9.47 Å². The van der Waals surface area contributed by atoms with Crippen LogP contribution in [0.4, 0.5) is 0 Å². The van der Waals surface area contributed by atoms with E-state index in [1.165, 1.54) is 50.5 Å². The topological polar surface area (TPSA) is 38.8 Å². The van der Waals surface area contributed by atoms with Crippen molar-refractivity contribution in [2.75, 3.05) is 19.9 Å². The number of ether oxygens (including phenoxy) is 2. The molecule has 0 unspecified atom stereocenters. The van der Waals surface area contributed by atoms with E-state index in [1.807, 2.05) is 6.07 Å². The van der Waals surface area contributed by atoms with Crippen LogP contribution in [0, 0.1) is 17.8 Å². The first-order valence-corrected chi connectivity index (χ1v) is 10.5. The van der Waals surface area contributed by atoms with Gasteiger partial charge in [0.1, 0.15) is 0 Å². The highest BCUT2D eigenvalue weighted by Gasteiger charge is 2.46. The van der Waals surface area contributed by atoms with E-state index in [-0.39, 0.29) is 5.92 Å². The number of amides is 1. The summed E-state index contributed by atoms with van der Waals surface area (Å²) in [5, 5.41) is 0. The van der Waals surface area contributed by atoms with Crippen molar-refractivity contribution in [1.82, 2.24) is 4.90 Å². The van der Waals surface area contributed by atoms with Crippen LogP contribution in [0.3, 0.4) is 0 Å². The Hall–Kier alpha value is -1.71. The van der Waals surface area contributed by atoms with E-state index < -0.39 is 0 Å². The van der Waals surface area contributed by atoms with Crippen molar-refractivity contribution in [3.05, 3.63) is 23.8 Å². The zero-order chi connectivity index (χ0) is 17.5. The SMILES string of the molecule is O=C([C@H]1[C@@H]2CCCC[C@@H]2CC[C@@H]1c1ccc2c(c1)OCO2)N1CCCC1. The summed E-state index contributed by atoms with van der Waals surface area (Å²) in [6, 6.07) is 6.34. The second-order valence-electron chi connectivity index (χ2n) is 8.56. The minimum atomic E-state index is 0.160. The van der Waals surface area contributed by atoms with Gasteiger partial charge in [0.2, 0.25) is 12.7 Å². The lowest BCUT2D eigenvalue weighted by molar-refractivity contribution is -0.140. The molecule has 0 radical (unpaired) electrons. The third kappa shape index (κ3) is 2.78. The van der Waals surface area contributed by atoms with Gasteiger partial charge in [-0.1, -0.05) is 25.3 Å². The maximum atomic E-state index is 13.5. The van der Waals surface area contributed by atoms with Gasteiger partial charge in [0, 0.05) is 19.0 Å². The van der Waals surface area contributed by atoms with Gasteiger partial charge in [-0.05, 0) is 67.6 Å². The van der Waals surface area contributed by atoms with E-state index in [9.17, 15) is 4.79 Å². The maximum Gasteiger partial charge on any atom is 0.231 e. The van der Waals surface area contributed by atoms with Crippen LogP contribution in [0.2, 0.25) is 0 Å².